The molecular weight excluding hydrogens is 552 g/mol. The Bertz CT molecular complexity index is 1710. The Labute approximate surface area is 249 Å². The van der Waals surface area contributed by atoms with Crippen LogP contribution in [0.4, 0.5) is 9.59 Å². The molecule has 1 unspecified atom stereocenters. The van der Waals surface area contributed by atoms with Gasteiger partial charge in [-0.15, -0.1) is 0 Å². The van der Waals surface area contributed by atoms with Crippen molar-refractivity contribution in [2.24, 2.45) is 0 Å². The number of carbonyl (C=O) groups excluding carboxylic acids is 3. The van der Waals surface area contributed by atoms with Crippen molar-refractivity contribution in [1.29, 1.82) is 0 Å². The number of rotatable bonds is 3. The molecule has 11 nitrogen and oxygen atoms in total. The van der Waals surface area contributed by atoms with Gasteiger partial charge in [0.1, 0.15) is 18.0 Å². The van der Waals surface area contributed by atoms with E-state index in [4.69, 9.17) is 19.2 Å². The molecule has 6 rings (SSSR count). The fourth-order valence-corrected chi connectivity index (χ4v) is 6.19. The van der Waals surface area contributed by atoms with Crippen molar-refractivity contribution in [2.75, 3.05) is 26.2 Å². The molecule has 3 aromatic rings. The molecule has 5 heterocycles. The average molecular weight is 589 g/mol. The van der Waals surface area contributed by atoms with Gasteiger partial charge in [-0.05, 0) is 69.0 Å². The molecule has 1 atom stereocenters. The maximum Gasteiger partial charge on any atom is 0.415 e. The van der Waals surface area contributed by atoms with Crippen molar-refractivity contribution in [1.82, 2.24) is 19.4 Å². The molecule has 3 aliphatic heterocycles. The van der Waals surface area contributed by atoms with E-state index in [9.17, 15) is 19.2 Å². The van der Waals surface area contributed by atoms with E-state index in [2.05, 4.69) is 0 Å². The van der Waals surface area contributed by atoms with E-state index < -0.39 is 23.7 Å². The molecule has 1 fully saturated rings. The van der Waals surface area contributed by atoms with E-state index >= 15 is 0 Å². The Morgan fingerprint density at radius 1 is 1.00 bits per heavy atom. The highest BCUT2D eigenvalue weighted by Gasteiger charge is 2.35. The standard InChI is InChI=1S/C32H36N4O7/c1-6-19-22-14-18(42-30(39)34-10-12-35(13-11-34)31(40)43-32(3,4)5)8-9-25(22)33-27-23(19)16-36-26(27)15-21-20(7-2)29(38)41-17-24(21)28(36)37/h8-9,14-15,20H,6-7,10-13,16-17H2,1-5H3. The minimum absolute atomic E-state index is 0.0130. The number of aryl methyl sites for hydroxylation is 1. The van der Waals surface area contributed by atoms with E-state index in [1.165, 1.54) is 0 Å². The van der Waals surface area contributed by atoms with E-state index in [0.717, 1.165) is 33.3 Å². The maximum absolute atomic E-state index is 13.5. The second-order valence-corrected chi connectivity index (χ2v) is 12.2. The highest BCUT2D eigenvalue weighted by Crippen LogP contribution is 2.39. The number of pyridine rings is 2. The van der Waals surface area contributed by atoms with Gasteiger partial charge >= 0.3 is 18.2 Å². The quantitative estimate of drug-likeness (QED) is 0.319. The van der Waals surface area contributed by atoms with Gasteiger partial charge < -0.3 is 28.6 Å². The normalized spacial score (nSPS) is 17.7. The van der Waals surface area contributed by atoms with Crippen LogP contribution in [-0.4, -0.2) is 69.3 Å². The summed E-state index contributed by atoms with van der Waals surface area (Å²) >= 11 is 0. The Morgan fingerprint density at radius 2 is 1.70 bits per heavy atom. The Morgan fingerprint density at radius 3 is 2.35 bits per heavy atom. The lowest BCUT2D eigenvalue weighted by Crippen LogP contribution is -2.52. The molecule has 0 N–H and O–H groups in total. The SMILES string of the molecule is CCc1c2c(nc3ccc(OC(=O)N4CCN(C(=O)OC(C)(C)C)CC4)cc13)-c1cc3c(c(=O)n1C2)COC(=O)C3CC. The average Bonchev–Trinajstić information content (AvgIpc) is 3.33. The van der Waals surface area contributed by atoms with Crippen LogP contribution in [0.5, 0.6) is 5.75 Å². The number of amides is 2. The summed E-state index contributed by atoms with van der Waals surface area (Å²) in [7, 11) is 0. The molecule has 1 saturated heterocycles. The number of nitrogens with zero attached hydrogens (tertiary/aromatic N) is 4. The van der Waals surface area contributed by atoms with E-state index in [-0.39, 0.29) is 18.1 Å². The molecule has 0 radical (unpaired) electrons. The maximum atomic E-state index is 13.5. The number of piperazine rings is 1. The number of ether oxygens (including phenoxy) is 3. The second-order valence-electron chi connectivity index (χ2n) is 12.2. The molecule has 0 bridgehead atoms. The lowest BCUT2D eigenvalue weighted by Gasteiger charge is -2.35. The van der Waals surface area contributed by atoms with Crippen LogP contribution in [0.3, 0.4) is 0 Å². The predicted octanol–water partition coefficient (Wildman–Crippen LogP) is 4.59. The lowest BCUT2D eigenvalue weighted by molar-refractivity contribution is -0.148. The highest BCUT2D eigenvalue weighted by molar-refractivity contribution is 5.90. The summed E-state index contributed by atoms with van der Waals surface area (Å²) in [6, 6.07) is 7.30. The molecule has 11 heteroatoms. The first-order valence-electron chi connectivity index (χ1n) is 14.8. The topological polar surface area (TPSA) is 120 Å². The Kier molecular flexibility index (Phi) is 7.14. The van der Waals surface area contributed by atoms with Crippen LogP contribution in [0.15, 0.2) is 29.1 Å². The lowest BCUT2D eigenvalue weighted by atomic mass is 9.90. The van der Waals surface area contributed by atoms with Crippen molar-refractivity contribution >= 4 is 29.1 Å². The zero-order chi connectivity index (χ0) is 30.6. The van der Waals surface area contributed by atoms with Crippen molar-refractivity contribution < 1.29 is 28.6 Å². The fraction of sp³-hybridized carbons (Fsp3) is 0.469. The van der Waals surface area contributed by atoms with Gasteiger partial charge in [-0.3, -0.25) is 9.59 Å². The summed E-state index contributed by atoms with van der Waals surface area (Å²) in [5.41, 5.74) is 4.71. The number of carbonyl (C=O) groups is 3. The van der Waals surface area contributed by atoms with Crippen LogP contribution in [0, 0.1) is 0 Å². The minimum Gasteiger partial charge on any atom is -0.460 e. The number of hydrogen-bond acceptors (Lipinski definition) is 8. The zero-order valence-electron chi connectivity index (χ0n) is 25.2. The van der Waals surface area contributed by atoms with E-state index in [1.54, 1.807) is 20.4 Å². The second kappa shape index (κ2) is 10.7. The van der Waals surface area contributed by atoms with Crippen LogP contribution in [-0.2, 0) is 33.8 Å². The van der Waals surface area contributed by atoms with Gasteiger partial charge in [-0.25, -0.2) is 14.6 Å². The molecule has 1 aromatic carbocycles. The molecular formula is C32H36N4O7. The van der Waals surface area contributed by atoms with Crippen molar-refractivity contribution in [3.8, 4) is 17.1 Å². The van der Waals surface area contributed by atoms with Crippen LogP contribution < -0.4 is 10.3 Å². The molecule has 0 aliphatic carbocycles. The third kappa shape index (κ3) is 5.10. The number of hydrogen-bond donors (Lipinski definition) is 0. The van der Waals surface area contributed by atoms with Crippen LogP contribution in [0.1, 0.15) is 69.2 Å². The fourth-order valence-electron chi connectivity index (χ4n) is 6.19. The third-order valence-corrected chi connectivity index (χ3v) is 8.34. The zero-order valence-corrected chi connectivity index (χ0v) is 25.2. The molecule has 2 amide bonds. The minimum atomic E-state index is -0.582. The number of aromatic nitrogens is 2. The molecule has 0 saturated carbocycles. The first-order chi connectivity index (χ1) is 20.5. The summed E-state index contributed by atoms with van der Waals surface area (Å²) < 4.78 is 18.2. The van der Waals surface area contributed by atoms with Crippen LogP contribution >= 0.6 is 0 Å². The molecule has 226 valence electrons. The predicted molar refractivity (Wildman–Crippen MR) is 158 cm³/mol. The number of cyclic esters (lactones) is 1. The summed E-state index contributed by atoms with van der Waals surface area (Å²) in [5.74, 6) is -0.367. The van der Waals surface area contributed by atoms with Crippen molar-refractivity contribution in [2.45, 2.75) is 72.1 Å². The largest absolute Gasteiger partial charge is 0.460 e. The number of fused-ring (bicyclic) bond motifs is 5. The van der Waals surface area contributed by atoms with E-state index in [1.807, 2.05) is 52.8 Å². The summed E-state index contributed by atoms with van der Waals surface area (Å²) in [6.45, 7) is 11.2. The van der Waals surface area contributed by atoms with Crippen LogP contribution in [0.2, 0.25) is 0 Å². The summed E-state index contributed by atoms with van der Waals surface area (Å²) in [5, 5.41) is 0.858. The van der Waals surface area contributed by atoms with Crippen molar-refractivity contribution in [3.05, 3.63) is 56.9 Å². The Hall–Kier alpha value is -4.41. The summed E-state index contributed by atoms with van der Waals surface area (Å²) in [6.07, 6.45) is 0.363. The molecule has 2 aromatic heterocycles. The van der Waals surface area contributed by atoms with Crippen molar-refractivity contribution in [3.63, 3.8) is 0 Å². The smallest absolute Gasteiger partial charge is 0.415 e. The Balaban J connectivity index is 1.25. The van der Waals surface area contributed by atoms with Crippen LogP contribution in [0.25, 0.3) is 22.3 Å². The van der Waals surface area contributed by atoms with Gasteiger partial charge in [0.15, 0.2) is 0 Å². The van der Waals surface area contributed by atoms with Gasteiger partial charge in [0.2, 0.25) is 0 Å². The number of esters is 1. The van der Waals surface area contributed by atoms with Gasteiger partial charge in [-0.2, -0.15) is 0 Å². The first kappa shape index (κ1) is 28.7. The first-order valence-corrected chi connectivity index (χ1v) is 14.8. The monoisotopic (exact) mass is 588 g/mol. The highest BCUT2D eigenvalue weighted by atomic mass is 16.6. The van der Waals surface area contributed by atoms with E-state index in [0.29, 0.717) is 62.6 Å². The van der Waals surface area contributed by atoms with Gasteiger partial charge in [0.05, 0.1) is 34.9 Å². The molecule has 43 heavy (non-hydrogen) atoms. The summed E-state index contributed by atoms with van der Waals surface area (Å²) in [4.78, 5) is 59.5. The number of benzene rings is 1. The molecule has 3 aliphatic rings. The van der Waals surface area contributed by atoms with Gasteiger partial charge in [0, 0.05) is 37.1 Å². The molecule has 0 spiro atoms. The van der Waals surface area contributed by atoms with Gasteiger partial charge in [-0.1, -0.05) is 13.8 Å². The third-order valence-electron chi connectivity index (χ3n) is 8.34. The van der Waals surface area contributed by atoms with Gasteiger partial charge in [0.25, 0.3) is 5.56 Å².